The predicted molar refractivity (Wildman–Crippen MR) is 71.2 cm³/mol. The fourth-order valence-electron chi connectivity index (χ4n) is 2.07. The number of nitrogens with zero attached hydrogens (tertiary/aromatic N) is 2. The zero-order chi connectivity index (χ0) is 13.4. The fourth-order valence-corrected chi connectivity index (χ4v) is 2.07. The second kappa shape index (κ2) is 8.16. The van der Waals surface area contributed by atoms with E-state index >= 15 is 0 Å². The summed E-state index contributed by atoms with van der Waals surface area (Å²) < 4.78 is 5.10. The van der Waals surface area contributed by atoms with Gasteiger partial charge in [-0.25, -0.2) is 0 Å². The summed E-state index contributed by atoms with van der Waals surface area (Å²) in [6.07, 6.45) is 1.76. The van der Waals surface area contributed by atoms with Crippen molar-refractivity contribution < 1.29 is 9.84 Å². The first kappa shape index (κ1) is 15.0. The Morgan fingerprint density at radius 3 is 2.72 bits per heavy atom. The van der Waals surface area contributed by atoms with Gasteiger partial charge in [0, 0.05) is 32.4 Å². The molecule has 0 aliphatic carbocycles. The lowest BCUT2D eigenvalue weighted by Crippen LogP contribution is -2.42. The molecule has 0 aliphatic heterocycles. The van der Waals surface area contributed by atoms with Crippen LogP contribution in [0.3, 0.4) is 0 Å². The molecule has 1 aromatic rings. The van der Waals surface area contributed by atoms with Crippen molar-refractivity contribution in [3.05, 3.63) is 30.1 Å². The molecule has 3 N–H and O–H groups in total. The summed E-state index contributed by atoms with van der Waals surface area (Å²) >= 11 is 0. The number of nitrogens with two attached hydrogens (primary N) is 1. The number of rotatable bonds is 8. The second-order valence-corrected chi connectivity index (χ2v) is 4.31. The van der Waals surface area contributed by atoms with Gasteiger partial charge in [-0.2, -0.15) is 0 Å². The molecule has 0 spiro atoms. The minimum atomic E-state index is -0.0664. The van der Waals surface area contributed by atoms with Crippen LogP contribution in [0.15, 0.2) is 24.4 Å². The summed E-state index contributed by atoms with van der Waals surface area (Å²) in [7, 11) is 1.67. The number of hydrogen-bond donors (Lipinski definition) is 2. The summed E-state index contributed by atoms with van der Waals surface area (Å²) in [5, 5.41) is 9.17. The highest BCUT2D eigenvalue weighted by Gasteiger charge is 2.24. The molecule has 0 amide bonds. The van der Waals surface area contributed by atoms with Crippen molar-refractivity contribution in [3.8, 4) is 0 Å². The molecule has 0 bridgehead atoms. The number of pyridine rings is 1. The van der Waals surface area contributed by atoms with Crippen molar-refractivity contribution in [1.82, 2.24) is 9.88 Å². The lowest BCUT2D eigenvalue weighted by Gasteiger charge is -2.33. The Bertz CT molecular complexity index is 319. The van der Waals surface area contributed by atoms with Gasteiger partial charge in [0.15, 0.2) is 0 Å². The third-order valence-corrected chi connectivity index (χ3v) is 2.85. The van der Waals surface area contributed by atoms with E-state index in [4.69, 9.17) is 15.6 Å². The quantitative estimate of drug-likeness (QED) is 0.702. The molecule has 102 valence electrons. The van der Waals surface area contributed by atoms with Gasteiger partial charge < -0.3 is 15.6 Å². The van der Waals surface area contributed by atoms with Crippen LogP contribution in [0.5, 0.6) is 0 Å². The monoisotopic (exact) mass is 253 g/mol. The molecular weight excluding hydrogens is 230 g/mol. The molecule has 0 saturated heterocycles. The average Bonchev–Trinajstić information content (AvgIpc) is 2.37. The van der Waals surface area contributed by atoms with Crippen molar-refractivity contribution in [3.63, 3.8) is 0 Å². The fraction of sp³-hybridized carbons (Fsp3) is 0.615. The van der Waals surface area contributed by atoms with Crippen molar-refractivity contribution >= 4 is 0 Å². The Kier molecular flexibility index (Phi) is 6.82. The van der Waals surface area contributed by atoms with Crippen LogP contribution in [0.2, 0.25) is 0 Å². The largest absolute Gasteiger partial charge is 0.395 e. The van der Waals surface area contributed by atoms with E-state index in [0.29, 0.717) is 13.2 Å². The predicted octanol–water partition coefficient (Wildman–Crippen LogP) is 0.411. The molecular formula is C13H23N3O2. The molecule has 0 radical (unpaired) electrons. The second-order valence-electron chi connectivity index (χ2n) is 4.31. The highest BCUT2D eigenvalue weighted by atomic mass is 16.5. The van der Waals surface area contributed by atoms with Gasteiger partial charge in [-0.15, -0.1) is 0 Å². The van der Waals surface area contributed by atoms with E-state index in [2.05, 4.69) is 9.88 Å². The van der Waals surface area contributed by atoms with E-state index in [1.165, 1.54) is 0 Å². The molecule has 0 aliphatic rings. The molecule has 1 heterocycles. The zero-order valence-electron chi connectivity index (χ0n) is 11.1. The van der Waals surface area contributed by atoms with Crippen LogP contribution in [-0.2, 0) is 4.74 Å². The molecule has 5 heteroatoms. The minimum Gasteiger partial charge on any atom is -0.395 e. The molecule has 5 nitrogen and oxygen atoms in total. The molecule has 18 heavy (non-hydrogen) atoms. The van der Waals surface area contributed by atoms with Gasteiger partial charge in [-0.1, -0.05) is 6.07 Å². The van der Waals surface area contributed by atoms with Crippen molar-refractivity contribution in [1.29, 1.82) is 0 Å². The van der Waals surface area contributed by atoms with Gasteiger partial charge in [0.2, 0.25) is 0 Å². The van der Waals surface area contributed by atoms with E-state index in [1.54, 1.807) is 13.3 Å². The smallest absolute Gasteiger partial charge is 0.0672 e. The number of aromatic nitrogens is 1. The number of aliphatic hydroxyl groups is 1. The molecule has 2 atom stereocenters. The van der Waals surface area contributed by atoms with E-state index in [0.717, 1.165) is 12.2 Å². The average molecular weight is 253 g/mol. The number of methoxy groups -OCH3 is 1. The van der Waals surface area contributed by atoms with Crippen LogP contribution >= 0.6 is 0 Å². The van der Waals surface area contributed by atoms with Gasteiger partial charge in [-0.3, -0.25) is 9.88 Å². The van der Waals surface area contributed by atoms with Crippen molar-refractivity contribution in [2.24, 2.45) is 5.73 Å². The standard InChI is InChI=1S/C13H23N3O2/c1-11(14)13(12-5-3-4-6-15-12)16(7-9-17)8-10-18-2/h3-6,11,13,17H,7-10,14H2,1-2H3. The molecule has 0 aromatic carbocycles. The van der Waals surface area contributed by atoms with Crippen molar-refractivity contribution in [2.45, 2.75) is 19.0 Å². The molecule has 1 rings (SSSR count). The highest BCUT2D eigenvalue weighted by Crippen LogP contribution is 2.21. The van der Waals surface area contributed by atoms with Crippen LogP contribution < -0.4 is 5.73 Å². The summed E-state index contributed by atoms with van der Waals surface area (Å²) in [5.74, 6) is 0. The Morgan fingerprint density at radius 1 is 1.44 bits per heavy atom. The molecule has 0 fully saturated rings. The van der Waals surface area contributed by atoms with Gasteiger partial charge in [-0.05, 0) is 19.1 Å². The Labute approximate surface area is 109 Å². The maximum atomic E-state index is 9.17. The Morgan fingerprint density at radius 2 is 2.22 bits per heavy atom. The van der Waals surface area contributed by atoms with Crippen LogP contribution in [0.25, 0.3) is 0 Å². The molecule has 1 aromatic heterocycles. The van der Waals surface area contributed by atoms with Gasteiger partial charge >= 0.3 is 0 Å². The summed E-state index contributed by atoms with van der Waals surface area (Å²) in [6, 6.07) is 5.72. The maximum Gasteiger partial charge on any atom is 0.0672 e. The first-order valence-electron chi connectivity index (χ1n) is 6.21. The zero-order valence-corrected chi connectivity index (χ0v) is 11.1. The van der Waals surface area contributed by atoms with Gasteiger partial charge in [0.1, 0.15) is 0 Å². The number of aliphatic hydroxyl groups excluding tert-OH is 1. The van der Waals surface area contributed by atoms with E-state index in [1.807, 2.05) is 25.1 Å². The lowest BCUT2D eigenvalue weighted by atomic mass is 10.0. The first-order valence-corrected chi connectivity index (χ1v) is 6.21. The lowest BCUT2D eigenvalue weighted by molar-refractivity contribution is 0.0913. The Hall–Kier alpha value is -1.01. The summed E-state index contributed by atoms with van der Waals surface area (Å²) in [6.45, 7) is 3.94. The van der Waals surface area contributed by atoms with E-state index in [9.17, 15) is 0 Å². The number of hydrogen-bond acceptors (Lipinski definition) is 5. The van der Waals surface area contributed by atoms with Gasteiger partial charge in [0.25, 0.3) is 0 Å². The molecule has 2 unspecified atom stereocenters. The minimum absolute atomic E-state index is 0.00602. The summed E-state index contributed by atoms with van der Waals surface area (Å²) in [4.78, 5) is 6.48. The summed E-state index contributed by atoms with van der Waals surface area (Å²) in [5.41, 5.74) is 7.00. The topological polar surface area (TPSA) is 71.6 Å². The van der Waals surface area contributed by atoms with Crippen molar-refractivity contribution in [2.75, 3.05) is 33.4 Å². The number of ether oxygens (including phenoxy) is 1. The third-order valence-electron chi connectivity index (χ3n) is 2.85. The Balaban J connectivity index is 2.86. The van der Waals surface area contributed by atoms with E-state index in [-0.39, 0.29) is 18.7 Å². The van der Waals surface area contributed by atoms with Crippen LogP contribution in [0, 0.1) is 0 Å². The first-order chi connectivity index (χ1) is 8.70. The van der Waals surface area contributed by atoms with Gasteiger partial charge in [0.05, 0.1) is 24.9 Å². The van der Waals surface area contributed by atoms with Crippen LogP contribution in [-0.4, -0.2) is 54.4 Å². The third kappa shape index (κ3) is 4.34. The SMILES string of the molecule is COCCN(CCO)C(c1ccccn1)C(C)N. The van der Waals surface area contributed by atoms with Crippen LogP contribution in [0.1, 0.15) is 18.7 Å². The van der Waals surface area contributed by atoms with E-state index < -0.39 is 0 Å². The highest BCUT2D eigenvalue weighted by molar-refractivity contribution is 5.11. The maximum absolute atomic E-state index is 9.17. The van der Waals surface area contributed by atoms with Crippen LogP contribution in [0.4, 0.5) is 0 Å². The molecule has 0 saturated carbocycles. The normalized spacial score (nSPS) is 14.7.